The maximum Gasteiger partial charge on any atom is 0.246 e. The molecule has 21 heavy (non-hydrogen) atoms. The van der Waals surface area contributed by atoms with E-state index in [9.17, 15) is 12.8 Å². The van der Waals surface area contributed by atoms with Crippen molar-refractivity contribution in [1.29, 1.82) is 0 Å². The first kappa shape index (κ1) is 18.5. The molecule has 0 aliphatic rings. The van der Waals surface area contributed by atoms with Crippen LogP contribution in [0.2, 0.25) is 0 Å². The normalized spacial score (nSPS) is 12.0. The van der Waals surface area contributed by atoms with Gasteiger partial charge in [0, 0.05) is 38.4 Å². The fraction of sp³-hybridized carbons (Fsp3) is 0.538. The van der Waals surface area contributed by atoms with Crippen LogP contribution >= 0.6 is 15.9 Å². The van der Waals surface area contributed by atoms with Gasteiger partial charge in [-0.15, -0.1) is 0 Å². The van der Waals surface area contributed by atoms with Crippen LogP contribution < -0.4 is 0 Å². The first-order valence-electron chi connectivity index (χ1n) is 6.36. The Balaban J connectivity index is 3.01. The van der Waals surface area contributed by atoms with Crippen molar-refractivity contribution >= 4 is 26.0 Å². The van der Waals surface area contributed by atoms with Gasteiger partial charge in [-0.3, -0.25) is 0 Å². The molecule has 1 aromatic rings. The highest BCUT2D eigenvalue weighted by molar-refractivity contribution is 9.10. The molecule has 0 bridgehead atoms. The van der Waals surface area contributed by atoms with Crippen molar-refractivity contribution in [2.75, 3.05) is 40.5 Å². The van der Waals surface area contributed by atoms with Gasteiger partial charge in [-0.05, 0) is 24.6 Å². The van der Waals surface area contributed by atoms with Gasteiger partial charge in [-0.2, -0.15) is 4.31 Å². The first-order valence-corrected chi connectivity index (χ1v) is 8.60. The summed E-state index contributed by atoms with van der Waals surface area (Å²) in [5.74, 6) is -0.779. The van der Waals surface area contributed by atoms with Crippen LogP contribution in [0.4, 0.5) is 4.39 Å². The second kappa shape index (κ2) is 8.79. The largest absolute Gasteiger partial charge is 0.385 e. The number of nitrogens with zero attached hydrogens (tertiary/aromatic N) is 1. The third kappa shape index (κ3) is 5.30. The fourth-order valence-electron chi connectivity index (χ4n) is 1.75. The van der Waals surface area contributed by atoms with Crippen molar-refractivity contribution in [1.82, 2.24) is 4.31 Å². The first-order chi connectivity index (χ1) is 9.93. The maximum absolute atomic E-state index is 13.9. The molecule has 0 unspecified atom stereocenters. The standard InChI is InChI=1S/C13H19BrFNO4S/c1-19-8-3-6-16(7-9-20-2)21(17,18)13-5-4-11(14)10-12(13)15/h4-5,10H,3,6-9H2,1-2H3. The molecule has 0 heterocycles. The van der Waals surface area contributed by atoms with Crippen LogP contribution in [0.3, 0.4) is 0 Å². The zero-order valence-electron chi connectivity index (χ0n) is 12.0. The van der Waals surface area contributed by atoms with E-state index in [0.717, 1.165) is 6.07 Å². The molecular weight excluding hydrogens is 365 g/mol. The van der Waals surface area contributed by atoms with Gasteiger partial charge in [0.1, 0.15) is 10.7 Å². The van der Waals surface area contributed by atoms with E-state index in [-0.39, 0.29) is 24.6 Å². The highest BCUT2D eigenvalue weighted by atomic mass is 79.9. The van der Waals surface area contributed by atoms with Crippen LogP contribution in [0.5, 0.6) is 0 Å². The number of ether oxygens (including phenoxy) is 2. The topological polar surface area (TPSA) is 55.8 Å². The molecule has 0 aromatic heterocycles. The van der Waals surface area contributed by atoms with E-state index >= 15 is 0 Å². The van der Waals surface area contributed by atoms with E-state index in [2.05, 4.69) is 15.9 Å². The summed E-state index contributed by atoms with van der Waals surface area (Å²) in [4.78, 5) is -0.334. The minimum atomic E-state index is -3.90. The summed E-state index contributed by atoms with van der Waals surface area (Å²) in [7, 11) is -0.869. The van der Waals surface area contributed by atoms with E-state index in [1.54, 1.807) is 7.11 Å². The Bertz CT molecular complexity index is 553. The average molecular weight is 384 g/mol. The molecular formula is C13H19BrFNO4S. The van der Waals surface area contributed by atoms with Gasteiger partial charge in [0.2, 0.25) is 10.0 Å². The zero-order valence-corrected chi connectivity index (χ0v) is 14.4. The van der Waals surface area contributed by atoms with Crippen LogP contribution in [0.25, 0.3) is 0 Å². The second-order valence-electron chi connectivity index (χ2n) is 4.32. The van der Waals surface area contributed by atoms with Gasteiger partial charge in [0.15, 0.2) is 0 Å². The summed E-state index contributed by atoms with van der Waals surface area (Å²) in [6.07, 6.45) is 0.525. The lowest BCUT2D eigenvalue weighted by Gasteiger charge is -2.22. The lowest BCUT2D eigenvalue weighted by atomic mass is 10.3. The van der Waals surface area contributed by atoms with Crippen molar-refractivity contribution < 1.29 is 22.3 Å². The molecule has 0 saturated heterocycles. The number of halogens is 2. The fourth-order valence-corrected chi connectivity index (χ4v) is 3.60. The Labute approximate surface area is 133 Å². The molecule has 1 aromatic carbocycles. The van der Waals surface area contributed by atoms with Gasteiger partial charge in [0.05, 0.1) is 6.61 Å². The smallest absolute Gasteiger partial charge is 0.246 e. The highest BCUT2D eigenvalue weighted by Crippen LogP contribution is 2.22. The molecule has 0 saturated carbocycles. The van der Waals surface area contributed by atoms with Crippen LogP contribution in [-0.2, 0) is 19.5 Å². The predicted octanol–water partition coefficient (Wildman–Crippen LogP) is 2.26. The zero-order chi connectivity index (χ0) is 15.9. The predicted molar refractivity (Wildman–Crippen MR) is 81.2 cm³/mol. The van der Waals surface area contributed by atoms with E-state index < -0.39 is 15.8 Å². The molecule has 120 valence electrons. The highest BCUT2D eigenvalue weighted by Gasteiger charge is 2.27. The monoisotopic (exact) mass is 383 g/mol. The summed E-state index contributed by atoms with van der Waals surface area (Å²) in [5, 5.41) is 0. The van der Waals surface area contributed by atoms with Gasteiger partial charge >= 0.3 is 0 Å². The number of rotatable bonds is 9. The molecule has 0 atom stereocenters. The molecule has 0 spiro atoms. The number of hydrogen-bond donors (Lipinski definition) is 0. The third-order valence-corrected chi connectivity index (χ3v) is 5.24. The number of methoxy groups -OCH3 is 2. The van der Waals surface area contributed by atoms with Crippen molar-refractivity contribution in [3.8, 4) is 0 Å². The summed E-state index contributed by atoms with van der Waals surface area (Å²) < 4.78 is 50.5. The Kier molecular flexibility index (Phi) is 7.75. The Morgan fingerprint density at radius 3 is 2.43 bits per heavy atom. The molecule has 0 fully saturated rings. The van der Waals surface area contributed by atoms with E-state index in [1.165, 1.54) is 23.5 Å². The molecule has 8 heteroatoms. The van der Waals surface area contributed by atoms with Gasteiger partial charge in [-0.25, -0.2) is 12.8 Å². The summed E-state index contributed by atoms with van der Waals surface area (Å²) in [6, 6.07) is 3.89. The number of benzene rings is 1. The van der Waals surface area contributed by atoms with Gasteiger partial charge in [0.25, 0.3) is 0 Å². The second-order valence-corrected chi connectivity index (χ2v) is 7.14. The molecule has 0 aliphatic heterocycles. The molecule has 0 N–H and O–H groups in total. The van der Waals surface area contributed by atoms with Gasteiger partial charge in [-0.1, -0.05) is 15.9 Å². The van der Waals surface area contributed by atoms with E-state index in [1.807, 2.05) is 0 Å². The summed E-state index contributed by atoms with van der Waals surface area (Å²) >= 11 is 3.11. The Hall–Kier alpha value is -0.540. The SMILES string of the molecule is COCCCN(CCOC)S(=O)(=O)c1ccc(Br)cc1F. The maximum atomic E-state index is 13.9. The molecule has 0 radical (unpaired) electrons. The minimum absolute atomic E-state index is 0.165. The van der Waals surface area contributed by atoms with Crippen LogP contribution in [0.1, 0.15) is 6.42 Å². The van der Waals surface area contributed by atoms with Crippen LogP contribution in [0, 0.1) is 5.82 Å². The van der Waals surface area contributed by atoms with Crippen molar-refractivity contribution in [3.05, 3.63) is 28.5 Å². The summed E-state index contributed by atoms with van der Waals surface area (Å²) in [6.45, 7) is 1.08. The average Bonchev–Trinajstić information content (AvgIpc) is 2.42. The number of hydrogen-bond acceptors (Lipinski definition) is 4. The lowest BCUT2D eigenvalue weighted by molar-refractivity contribution is 0.164. The minimum Gasteiger partial charge on any atom is -0.385 e. The van der Waals surface area contributed by atoms with Crippen molar-refractivity contribution in [3.63, 3.8) is 0 Å². The van der Waals surface area contributed by atoms with Crippen molar-refractivity contribution in [2.45, 2.75) is 11.3 Å². The molecule has 0 aliphatic carbocycles. The Morgan fingerprint density at radius 2 is 1.86 bits per heavy atom. The van der Waals surface area contributed by atoms with Gasteiger partial charge < -0.3 is 9.47 Å². The number of sulfonamides is 1. The van der Waals surface area contributed by atoms with E-state index in [4.69, 9.17) is 9.47 Å². The molecule has 5 nitrogen and oxygen atoms in total. The van der Waals surface area contributed by atoms with Crippen LogP contribution in [-0.4, -0.2) is 53.2 Å². The van der Waals surface area contributed by atoms with E-state index in [0.29, 0.717) is 17.5 Å². The Morgan fingerprint density at radius 1 is 1.19 bits per heavy atom. The molecule has 0 amide bonds. The quantitative estimate of drug-likeness (QED) is 0.613. The molecule has 1 rings (SSSR count). The lowest BCUT2D eigenvalue weighted by Crippen LogP contribution is -2.35. The van der Waals surface area contributed by atoms with Crippen molar-refractivity contribution in [2.24, 2.45) is 0 Å². The third-order valence-electron chi connectivity index (χ3n) is 2.81. The van der Waals surface area contributed by atoms with Crippen LogP contribution in [0.15, 0.2) is 27.6 Å². The summed E-state index contributed by atoms with van der Waals surface area (Å²) in [5.41, 5.74) is 0.